The number of aromatic nitrogens is 1. The van der Waals surface area contributed by atoms with Gasteiger partial charge in [0.1, 0.15) is 6.54 Å². The Morgan fingerprint density at radius 3 is 2.42 bits per heavy atom. The van der Waals surface area contributed by atoms with E-state index in [1.807, 2.05) is 6.92 Å². The normalized spacial score (nSPS) is 16.1. The third-order valence-electron chi connectivity index (χ3n) is 2.59. The molecule has 1 atom stereocenters. The fourth-order valence-electron chi connectivity index (χ4n) is 1.49. The number of pyridine rings is 1. The Balaban J connectivity index is 3.27. The maximum Gasteiger partial charge on any atom is 0.375 e. The van der Waals surface area contributed by atoms with E-state index in [0.29, 0.717) is 6.54 Å². The molecule has 8 nitrogen and oxygen atoms in total. The molecule has 0 spiro atoms. The van der Waals surface area contributed by atoms with Gasteiger partial charge in [-0.15, -0.1) is 0 Å². The second-order valence-corrected chi connectivity index (χ2v) is 7.74. The Morgan fingerprint density at radius 1 is 1.42 bits per heavy atom. The molecular weight excluding hydrogens is 297 g/mol. The topological polar surface area (TPSA) is 136 Å². The van der Waals surface area contributed by atoms with E-state index < -0.39 is 28.8 Å². The lowest BCUT2D eigenvalue weighted by atomic mass is 10.2. The zero-order chi connectivity index (χ0) is 14.9. The molecule has 1 rings (SSSR count). The van der Waals surface area contributed by atoms with Crippen LogP contribution in [0.3, 0.4) is 0 Å². The molecule has 0 aliphatic carbocycles. The van der Waals surface area contributed by atoms with E-state index in [-0.39, 0.29) is 5.56 Å². The summed E-state index contributed by atoms with van der Waals surface area (Å²) in [7, 11) is -10.8. The van der Waals surface area contributed by atoms with E-state index in [1.54, 1.807) is 10.8 Å². The van der Waals surface area contributed by atoms with Crippen LogP contribution >= 0.6 is 7.60 Å². The van der Waals surface area contributed by atoms with Crippen LogP contribution in [0.25, 0.3) is 0 Å². The lowest BCUT2D eigenvalue weighted by molar-refractivity contribution is -0.694. The average molecular weight is 312 g/mol. The molecule has 4 N–H and O–H groups in total. The van der Waals surface area contributed by atoms with Crippen LogP contribution in [0.5, 0.6) is 0 Å². The van der Waals surface area contributed by atoms with Crippen LogP contribution < -0.4 is 4.57 Å². The molecule has 1 aromatic rings. The van der Waals surface area contributed by atoms with Crippen molar-refractivity contribution in [3.8, 4) is 0 Å². The van der Waals surface area contributed by atoms with Crippen molar-refractivity contribution in [2.75, 3.05) is 0 Å². The van der Waals surface area contributed by atoms with Crippen molar-refractivity contribution in [3.05, 3.63) is 30.1 Å². The van der Waals surface area contributed by atoms with Crippen molar-refractivity contribution < 1.29 is 37.0 Å². The highest BCUT2D eigenvalue weighted by molar-refractivity contribution is 7.94. The van der Waals surface area contributed by atoms with Gasteiger partial charge in [-0.25, -0.2) is 4.57 Å². The zero-order valence-electron chi connectivity index (χ0n) is 10.0. The first-order valence-corrected chi connectivity index (χ1v) is 8.29. The third kappa shape index (κ3) is 3.38. The van der Waals surface area contributed by atoms with Gasteiger partial charge in [-0.05, 0) is 13.0 Å². The molecule has 108 valence electrons. The molecule has 0 aliphatic heterocycles. The highest BCUT2D eigenvalue weighted by atomic mass is 32.2. The van der Waals surface area contributed by atoms with Crippen LogP contribution in [0.2, 0.25) is 0 Å². The minimum absolute atomic E-state index is 0.160. The Bertz CT molecular complexity index is 611. The summed E-state index contributed by atoms with van der Waals surface area (Å²) in [6.07, 6.45) is 2.16. The summed E-state index contributed by atoms with van der Waals surface area (Å²) in [6.45, 7) is 2.36. The molecule has 10 heteroatoms. The Kier molecular flexibility index (Phi) is 4.51. The van der Waals surface area contributed by atoms with Gasteiger partial charge < -0.3 is 14.9 Å². The predicted molar refractivity (Wildman–Crippen MR) is 64.6 cm³/mol. The highest BCUT2D eigenvalue weighted by Crippen LogP contribution is 2.53. The quantitative estimate of drug-likeness (QED) is 0.319. The molecule has 0 saturated carbocycles. The van der Waals surface area contributed by atoms with E-state index in [9.17, 15) is 18.1 Å². The maximum atomic E-state index is 11.2. The predicted octanol–water partition coefficient (Wildman–Crippen LogP) is -0.752. The number of aryl methyl sites for hydroxylation is 1. The molecule has 1 aromatic heterocycles. The van der Waals surface area contributed by atoms with Gasteiger partial charge in [0.2, 0.25) is 0 Å². The van der Waals surface area contributed by atoms with Crippen molar-refractivity contribution in [1.29, 1.82) is 0 Å². The fraction of sp³-hybridized carbons (Fsp3) is 0.444. The first-order chi connectivity index (χ1) is 8.51. The molecule has 0 radical (unpaired) electrons. The van der Waals surface area contributed by atoms with Crippen LogP contribution in [-0.2, 0) is 27.6 Å². The van der Waals surface area contributed by atoms with Crippen molar-refractivity contribution in [2.45, 2.75) is 24.6 Å². The summed E-state index contributed by atoms with van der Waals surface area (Å²) in [4.78, 5) is 18.0. The number of nitrogens with zero attached hydrogens (tertiary/aromatic N) is 1. The molecule has 0 saturated heterocycles. The van der Waals surface area contributed by atoms with Gasteiger partial charge in [0.15, 0.2) is 12.4 Å². The van der Waals surface area contributed by atoms with Gasteiger partial charge in [-0.1, -0.05) is 0 Å². The summed E-state index contributed by atoms with van der Waals surface area (Å²) < 4.78 is 40.2. The molecule has 0 aliphatic rings. The summed E-state index contributed by atoms with van der Waals surface area (Å²) >= 11 is 0. The smallest absolute Gasteiger partial charge is 0.363 e. The highest BCUT2D eigenvalue weighted by Gasteiger charge is 2.56. The van der Waals surface area contributed by atoms with Crippen LogP contribution in [0.15, 0.2) is 24.5 Å². The summed E-state index contributed by atoms with van der Waals surface area (Å²) in [6, 6.07) is 2.92. The standard InChI is InChI=1S/C9H14NO7PS/c1-2-10-5-3-4-8(7-10)6-9(11,18(12,13)14)19(15,16)17/h3-5,7,11H,2,6H2,1H3,(H2-,12,13,14,15,16,17)/p+1. The molecule has 19 heavy (non-hydrogen) atoms. The van der Waals surface area contributed by atoms with Crippen molar-refractivity contribution in [1.82, 2.24) is 0 Å². The maximum absolute atomic E-state index is 11.2. The molecule has 1 unspecified atom stereocenters. The van der Waals surface area contributed by atoms with Gasteiger partial charge in [-0.3, -0.25) is 9.12 Å². The monoisotopic (exact) mass is 312 g/mol. The largest absolute Gasteiger partial charge is 0.375 e. The summed E-state index contributed by atoms with van der Waals surface area (Å²) in [5, 5.41) is 9.69. The van der Waals surface area contributed by atoms with Gasteiger partial charge in [0, 0.05) is 18.1 Å². The lowest BCUT2D eigenvalue weighted by Crippen LogP contribution is -2.41. The van der Waals surface area contributed by atoms with Gasteiger partial charge >= 0.3 is 17.7 Å². The first kappa shape index (κ1) is 16.2. The van der Waals surface area contributed by atoms with E-state index in [1.165, 1.54) is 18.3 Å². The van der Waals surface area contributed by atoms with E-state index in [4.69, 9.17) is 14.3 Å². The average Bonchev–Trinajstić information content (AvgIpc) is 2.26. The molecule has 0 fully saturated rings. The summed E-state index contributed by atoms with van der Waals surface area (Å²) in [5.74, 6) is 0. The number of rotatable bonds is 5. The van der Waals surface area contributed by atoms with Gasteiger partial charge in [-0.2, -0.15) is 8.42 Å². The molecule has 1 heterocycles. The molecular formula is C9H15NO7PS+. The minimum Gasteiger partial charge on any atom is -0.363 e. The van der Waals surface area contributed by atoms with Crippen LogP contribution in [0.4, 0.5) is 0 Å². The number of hydrogen-bond acceptors (Lipinski definition) is 4. The fourth-order valence-corrected chi connectivity index (χ4v) is 3.43. The lowest BCUT2D eigenvalue weighted by Gasteiger charge is -2.24. The van der Waals surface area contributed by atoms with Crippen LogP contribution in [0, 0.1) is 0 Å². The second-order valence-electron chi connectivity index (χ2n) is 3.98. The number of aliphatic hydroxyl groups is 1. The van der Waals surface area contributed by atoms with Crippen molar-refractivity contribution in [3.63, 3.8) is 0 Å². The second kappa shape index (κ2) is 5.28. The van der Waals surface area contributed by atoms with Gasteiger partial charge in [0.05, 0.1) is 0 Å². The van der Waals surface area contributed by atoms with Crippen LogP contribution in [-0.4, -0.2) is 32.5 Å². The zero-order valence-corrected chi connectivity index (χ0v) is 11.8. The van der Waals surface area contributed by atoms with Gasteiger partial charge in [0.25, 0.3) is 4.67 Å². The van der Waals surface area contributed by atoms with Crippen molar-refractivity contribution in [2.24, 2.45) is 0 Å². The summed E-state index contributed by atoms with van der Waals surface area (Å²) in [5.41, 5.74) is 0.160. The van der Waals surface area contributed by atoms with E-state index in [0.717, 1.165) is 0 Å². The van der Waals surface area contributed by atoms with E-state index >= 15 is 0 Å². The minimum atomic E-state index is -5.49. The molecule has 0 amide bonds. The molecule has 0 bridgehead atoms. The first-order valence-electron chi connectivity index (χ1n) is 5.24. The van der Waals surface area contributed by atoms with Crippen LogP contribution in [0.1, 0.15) is 12.5 Å². The third-order valence-corrected chi connectivity index (χ3v) is 6.03. The SMILES string of the molecule is CC[n+]1cccc(CC(O)(P(=O)(O)O)S(=O)(=O)O)c1. The Morgan fingerprint density at radius 2 is 2.00 bits per heavy atom. The molecule has 0 aromatic carbocycles. The number of hydrogen-bond donors (Lipinski definition) is 4. The van der Waals surface area contributed by atoms with Crippen molar-refractivity contribution >= 4 is 17.7 Å². The van der Waals surface area contributed by atoms with E-state index in [2.05, 4.69) is 0 Å². The Hall–Kier alpha value is -0.830. The Labute approximate surface area is 110 Å².